The molecule has 1 heterocycles. The van der Waals surface area contributed by atoms with Gasteiger partial charge in [0.25, 0.3) is 0 Å². The molecule has 0 radical (unpaired) electrons. The number of likely N-dealkylation sites (tertiary alicyclic amines) is 1. The van der Waals surface area contributed by atoms with Gasteiger partial charge < -0.3 is 0 Å². The highest BCUT2D eigenvalue weighted by molar-refractivity contribution is 5.23. The molecule has 118 valence electrons. The van der Waals surface area contributed by atoms with Gasteiger partial charge in [-0.2, -0.15) is 0 Å². The van der Waals surface area contributed by atoms with Crippen LogP contribution in [0.4, 0.5) is 0 Å². The van der Waals surface area contributed by atoms with E-state index >= 15 is 0 Å². The van der Waals surface area contributed by atoms with Crippen LogP contribution in [0.15, 0.2) is 24.3 Å². The predicted molar refractivity (Wildman–Crippen MR) is 90.1 cm³/mol. The summed E-state index contributed by atoms with van der Waals surface area (Å²) in [5, 5.41) is 0. The summed E-state index contributed by atoms with van der Waals surface area (Å²) in [6.07, 6.45) is 6.33. The summed E-state index contributed by atoms with van der Waals surface area (Å²) >= 11 is 0. The van der Waals surface area contributed by atoms with E-state index in [4.69, 9.17) is 5.84 Å². The zero-order valence-corrected chi connectivity index (χ0v) is 13.9. The van der Waals surface area contributed by atoms with E-state index in [0.29, 0.717) is 0 Å². The molecule has 1 aromatic rings. The van der Waals surface area contributed by atoms with Gasteiger partial charge in [-0.05, 0) is 58.7 Å². The molecule has 1 aliphatic heterocycles. The fraction of sp³-hybridized carbons (Fsp3) is 0.667. The van der Waals surface area contributed by atoms with Gasteiger partial charge in [0.05, 0.1) is 0 Å². The van der Waals surface area contributed by atoms with Crippen molar-refractivity contribution in [3.8, 4) is 0 Å². The van der Waals surface area contributed by atoms with E-state index in [9.17, 15) is 0 Å². The molecule has 1 saturated heterocycles. The van der Waals surface area contributed by atoms with Crippen LogP contribution < -0.4 is 11.3 Å². The maximum Gasteiger partial charge on any atom is 0.0429 e. The second-order valence-electron chi connectivity index (χ2n) is 6.97. The molecule has 1 fully saturated rings. The van der Waals surface area contributed by atoms with Crippen molar-refractivity contribution in [3.63, 3.8) is 0 Å². The number of hydrogen-bond donors (Lipinski definition) is 2. The van der Waals surface area contributed by atoms with E-state index in [0.717, 1.165) is 6.42 Å². The van der Waals surface area contributed by atoms with Crippen molar-refractivity contribution in [1.82, 2.24) is 10.3 Å². The molecule has 0 amide bonds. The number of nitrogens with zero attached hydrogens (tertiary/aromatic N) is 1. The molecule has 3 nitrogen and oxygen atoms in total. The van der Waals surface area contributed by atoms with Gasteiger partial charge in [0.15, 0.2) is 0 Å². The standard InChI is InChI=1S/C18H31N3/c1-15-9-8-10-16(13-15)14-17(20-19)18(2,3)21-11-6-4-5-7-12-21/h8-10,13,17,20H,4-7,11-12,14,19H2,1-3H3. The lowest BCUT2D eigenvalue weighted by Gasteiger charge is -2.43. The smallest absolute Gasteiger partial charge is 0.0429 e. The van der Waals surface area contributed by atoms with Crippen molar-refractivity contribution in [2.24, 2.45) is 5.84 Å². The molecule has 21 heavy (non-hydrogen) atoms. The van der Waals surface area contributed by atoms with Crippen molar-refractivity contribution in [1.29, 1.82) is 0 Å². The van der Waals surface area contributed by atoms with Crippen LogP contribution in [0, 0.1) is 6.92 Å². The molecule has 1 aliphatic rings. The Bertz CT molecular complexity index is 434. The fourth-order valence-electron chi connectivity index (χ4n) is 3.45. The van der Waals surface area contributed by atoms with Crippen molar-refractivity contribution >= 4 is 0 Å². The largest absolute Gasteiger partial charge is 0.297 e. The minimum absolute atomic E-state index is 0.0723. The lowest BCUT2D eigenvalue weighted by molar-refractivity contribution is 0.0835. The molecular formula is C18H31N3. The van der Waals surface area contributed by atoms with Gasteiger partial charge in [-0.1, -0.05) is 42.7 Å². The first-order valence-electron chi connectivity index (χ1n) is 8.31. The quantitative estimate of drug-likeness (QED) is 0.647. The van der Waals surface area contributed by atoms with Crippen molar-refractivity contribution < 1.29 is 0 Å². The van der Waals surface area contributed by atoms with Crippen molar-refractivity contribution in [2.75, 3.05) is 13.1 Å². The summed E-state index contributed by atoms with van der Waals surface area (Å²) in [6.45, 7) is 9.20. The van der Waals surface area contributed by atoms with E-state index in [2.05, 4.69) is 55.4 Å². The van der Waals surface area contributed by atoms with Crippen molar-refractivity contribution in [2.45, 2.75) is 64.5 Å². The van der Waals surface area contributed by atoms with Crippen LogP contribution in [0.3, 0.4) is 0 Å². The minimum atomic E-state index is 0.0723. The number of nitrogens with one attached hydrogen (secondary N) is 1. The highest BCUT2D eigenvalue weighted by Gasteiger charge is 2.34. The molecule has 2 rings (SSSR count). The molecule has 1 atom stereocenters. The van der Waals surface area contributed by atoms with Gasteiger partial charge in [-0.25, -0.2) is 0 Å². The van der Waals surface area contributed by atoms with E-state index in [1.54, 1.807) is 0 Å². The zero-order chi connectivity index (χ0) is 15.3. The van der Waals surface area contributed by atoms with Gasteiger partial charge in [0.1, 0.15) is 0 Å². The number of hydrazine groups is 1. The minimum Gasteiger partial charge on any atom is -0.297 e. The molecule has 0 saturated carbocycles. The van der Waals surface area contributed by atoms with Crippen LogP contribution in [-0.2, 0) is 6.42 Å². The van der Waals surface area contributed by atoms with Crippen molar-refractivity contribution in [3.05, 3.63) is 35.4 Å². The van der Waals surface area contributed by atoms with Crippen LogP contribution in [0.25, 0.3) is 0 Å². The summed E-state index contributed by atoms with van der Waals surface area (Å²) in [6, 6.07) is 9.02. The number of aryl methyl sites for hydroxylation is 1. The Balaban J connectivity index is 2.10. The monoisotopic (exact) mass is 289 g/mol. The average molecular weight is 289 g/mol. The molecule has 1 unspecified atom stereocenters. The second-order valence-corrected chi connectivity index (χ2v) is 6.97. The third kappa shape index (κ3) is 4.29. The maximum absolute atomic E-state index is 5.91. The Hall–Kier alpha value is -0.900. The normalized spacial score (nSPS) is 19.2. The number of rotatable bonds is 5. The summed E-state index contributed by atoms with van der Waals surface area (Å²) in [5.74, 6) is 5.91. The first-order chi connectivity index (χ1) is 10.0. The van der Waals surface area contributed by atoms with E-state index in [1.807, 2.05) is 0 Å². The summed E-state index contributed by atoms with van der Waals surface area (Å²) in [4.78, 5) is 2.63. The molecule has 0 aliphatic carbocycles. The average Bonchev–Trinajstić information content (AvgIpc) is 2.74. The Morgan fingerprint density at radius 2 is 1.86 bits per heavy atom. The lowest BCUT2D eigenvalue weighted by Crippen LogP contribution is -2.60. The third-order valence-electron chi connectivity index (χ3n) is 5.00. The van der Waals surface area contributed by atoms with Crippen LogP contribution in [0.5, 0.6) is 0 Å². The fourth-order valence-corrected chi connectivity index (χ4v) is 3.45. The van der Waals surface area contributed by atoms with E-state index in [-0.39, 0.29) is 11.6 Å². The second kappa shape index (κ2) is 7.39. The van der Waals surface area contributed by atoms with Crippen LogP contribution in [0.2, 0.25) is 0 Å². The highest BCUT2D eigenvalue weighted by atomic mass is 15.3. The van der Waals surface area contributed by atoms with Gasteiger partial charge in [0.2, 0.25) is 0 Å². The van der Waals surface area contributed by atoms with Crippen LogP contribution in [-0.4, -0.2) is 29.6 Å². The third-order valence-corrected chi connectivity index (χ3v) is 5.00. The highest BCUT2D eigenvalue weighted by Crippen LogP contribution is 2.25. The molecule has 3 N–H and O–H groups in total. The van der Waals surface area contributed by atoms with Gasteiger partial charge >= 0.3 is 0 Å². The molecule has 1 aromatic carbocycles. The first-order valence-corrected chi connectivity index (χ1v) is 8.31. The number of hydrogen-bond acceptors (Lipinski definition) is 3. The van der Waals surface area contributed by atoms with E-state index < -0.39 is 0 Å². The molecule has 0 aromatic heterocycles. The van der Waals surface area contributed by atoms with Crippen LogP contribution in [0.1, 0.15) is 50.7 Å². The summed E-state index contributed by atoms with van der Waals surface area (Å²) in [5.41, 5.74) is 5.84. The summed E-state index contributed by atoms with van der Waals surface area (Å²) < 4.78 is 0. The van der Waals surface area contributed by atoms with Gasteiger partial charge in [-0.3, -0.25) is 16.2 Å². The first kappa shape index (κ1) is 16.5. The lowest BCUT2D eigenvalue weighted by atomic mass is 9.87. The Labute approximate surface area is 129 Å². The number of benzene rings is 1. The molecular weight excluding hydrogens is 258 g/mol. The van der Waals surface area contributed by atoms with Gasteiger partial charge in [0, 0.05) is 11.6 Å². The molecule has 3 heteroatoms. The number of nitrogens with two attached hydrogens (primary N) is 1. The topological polar surface area (TPSA) is 41.3 Å². The summed E-state index contributed by atoms with van der Waals surface area (Å²) in [7, 11) is 0. The molecule has 0 bridgehead atoms. The SMILES string of the molecule is Cc1cccc(CC(NN)C(C)(C)N2CCCCCC2)c1. The van der Waals surface area contributed by atoms with Gasteiger partial charge in [-0.15, -0.1) is 0 Å². The maximum atomic E-state index is 5.91. The molecule has 0 spiro atoms. The predicted octanol–water partition coefficient (Wildman–Crippen LogP) is 3.02. The Morgan fingerprint density at radius 3 is 2.43 bits per heavy atom. The zero-order valence-electron chi connectivity index (χ0n) is 13.9. The van der Waals surface area contributed by atoms with Crippen LogP contribution >= 0.6 is 0 Å². The Morgan fingerprint density at radius 1 is 1.19 bits per heavy atom. The van der Waals surface area contributed by atoms with E-state index in [1.165, 1.54) is 49.9 Å². The Kier molecular flexibility index (Phi) is 5.80.